The van der Waals surface area contributed by atoms with Crippen LogP contribution in [0.3, 0.4) is 0 Å². The Morgan fingerprint density at radius 2 is 1.81 bits per heavy atom. The third-order valence-electron chi connectivity index (χ3n) is 5.23. The highest BCUT2D eigenvalue weighted by molar-refractivity contribution is 7.89. The van der Waals surface area contributed by atoms with Gasteiger partial charge in [-0.25, -0.2) is 12.8 Å². The molecule has 1 N–H and O–H groups in total. The largest absolute Gasteiger partial charge is 0.339 e. The maximum absolute atomic E-state index is 14.0. The van der Waals surface area contributed by atoms with E-state index in [1.165, 1.54) is 22.5 Å². The van der Waals surface area contributed by atoms with Crippen LogP contribution in [0.5, 0.6) is 0 Å². The van der Waals surface area contributed by atoms with Gasteiger partial charge in [0.15, 0.2) is 0 Å². The van der Waals surface area contributed by atoms with Gasteiger partial charge in [0.05, 0.1) is 5.69 Å². The number of benzene rings is 2. The van der Waals surface area contributed by atoms with Gasteiger partial charge in [-0.15, -0.1) is 0 Å². The Morgan fingerprint density at radius 3 is 2.48 bits per heavy atom. The van der Waals surface area contributed by atoms with Crippen LogP contribution in [-0.4, -0.2) is 41.9 Å². The second kappa shape index (κ2) is 8.56. The molecule has 0 aliphatic carbocycles. The van der Waals surface area contributed by atoms with E-state index in [0.29, 0.717) is 35.8 Å². The minimum Gasteiger partial charge on any atom is -0.339 e. The van der Waals surface area contributed by atoms with E-state index < -0.39 is 15.8 Å². The summed E-state index contributed by atoms with van der Waals surface area (Å²) in [6, 6.07) is 12.4. The van der Waals surface area contributed by atoms with Crippen molar-refractivity contribution in [3.63, 3.8) is 0 Å². The number of aromatic nitrogens is 2. The summed E-state index contributed by atoms with van der Waals surface area (Å²) in [6.07, 6.45) is 0.673. The summed E-state index contributed by atoms with van der Waals surface area (Å²) in [5, 5.41) is 6.79. The number of carbonyl (C=O) groups is 1. The van der Waals surface area contributed by atoms with E-state index in [1.54, 1.807) is 25.1 Å². The van der Waals surface area contributed by atoms with Crippen LogP contribution in [-0.2, 0) is 14.8 Å². The Labute approximate surface area is 179 Å². The molecule has 31 heavy (non-hydrogen) atoms. The van der Waals surface area contributed by atoms with Crippen LogP contribution < -0.4 is 5.32 Å². The first-order valence-corrected chi connectivity index (χ1v) is 11.3. The Hall–Kier alpha value is -3.11. The van der Waals surface area contributed by atoms with Crippen molar-refractivity contribution in [2.75, 3.05) is 18.4 Å². The van der Waals surface area contributed by atoms with Gasteiger partial charge in [-0.3, -0.25) is 4.79 Å². The van der Waals surface area contributed by atoms with Gasteiger partial charge < -0.3 is 9.84 Å². The molecule has 0 spiro atoms. The average Bonchev–Trinajstić information content (AvgIpc) is 3.20. The quantitative estimate of drug-likeness (QED) is 0.648. The summed E-state index contributed by atoms with van der Waals surface area (Å²) < 4.78 is 45.7. The lowest BCUT2D eigenvalue weighted by Gasteiger charge is -2.30. The number of piperidine rings is 1. The second-order valence-corrected chi connectivity index (χ2v) is 9.19. The Kier molecular flexibility index (Phi) is 5.84. The molecule has 0 unspecified atom stereocenters. The minimum absolute atomic E-state index is 0.139. The first-order valence-electron chi connectivity index (χ1n) is 9.81. The lowest BCUT2D eigenvalue weighted by atomic mass is 9.97. The van der Waals surface area contributed by atoms with Gasteiger partial charge in [0.1, 0.15) is 10.7 Å². The number of halogens is 1. The van der Waals surface area contributed by atoms with Crippen molar-refractivity contribution in [3.8, 4) is 11.4 Å². The molecule has 162 valence electrons. The third kappa shape index (κ3) is 4.35. The maximum Gasteiger partial charge on any atom is 0.245 e. The molecule has 3 aromatic rings. The standard InChI is InChI=1S/C21H21FN4O4S/c1-14-23-20(25-30-14)16-6-2-4-8-18(16)24-21(27)15-10-12-26(13-11-15)31(28,29)19-9-5-3-7-17(19)22/h2-9,15H,10-13H2,1H3,(H,24,27). The molecule has 1 fully saturated rings. The van der Waals surface area contributed by atoms with Crippen LogP contribution in [0.25, 0.3) is 11.4 Å². The smallest absolute Gasteiger partial charge is 0.245 e. The maximum atomic E-state index is 14.0. The van der Waals surface area contributed by atoms with E-state index in [2.05, 4.69) is 15.5 Å². The molecule has 1 aliphatic rings. The van der Waals surface area contributed by atoms with Crippen LogP contribution in [0, 0.1) is 18.7 Å². The molecule has 0 bridgehead atoms. The summed E-state index contributed by atoms with van der Waals surface area (Å²) in [5.41, 5.74) is 1.18. The van der Waals surface area contributed by atoms with Crippen molar-refractivity contribution >= 4 is 21.6 Å². The number of nitrogens with one attached hydrogen (secondary N) is 1. The molecular formula is C21H21FN4O4S. The number of anilines is 1. The van der Waals surface area contributed by atoms with Crippen molar-refractivity contribution in [2.24, 2.45) is 5.92 Å². The molecule has 1 aromatic heterocycles. The first-order chi connectivity index (χ1) is 14.9. The number of hydrogen-bond acceptors (Lipinski definition) is 6. The van der Waals surface area contributed by atoms with Gasteiger partial charge in [-0.05, 0) is 37.1 Å². The summed E-state index contributed by atoms with van der Waals surface area (Å²) in [4.78, 5) is 16.7. The molecule has 10 heteroatoms. The van der Waals surface area contributed by atoms with Gasteiger partial charge in [0.25, 0.3) is 0 Å². The fourth-order valence-electron chi connectivity index (χ4n) is 3.58. The molecule has 8 nitrogen and oxygen atoms in total. The Bertz CT molecular complexity index is 1200. The first kappa shape index (κ1) is 21.1. The Morgan fingerprint density at radius 1 is 1.13 bits per heavy atom. The predicted octanol–water partition coefficient (Wildman–Crippen LogP) is 3.22. The average molecular weight is 444 g/mol. The SMILES string of the molecule is Cc1nc(-c2ccccc2NC(=O)C2CCN(S(=O)(=O)c3ccccc3F)CC2)no1. The zero-order valence-electron chi connectivity index (χ0n) is 16.8. The lowest BCUT2D eigenvalue weighted by Crippen LogP contribution is -2.41. The zero-order chi connectivity index (χ0) is 22.0. The molecule has 1 saturated heterocycles. The number of amides is 1. The molecule has 4 rings (SSSR count). The van der Waals surface area contributed by atoms with E-state index >= 15 is 0 Å². The zero-order valence-corrected chi connectivity index (χ0v) is 17.6. The van der Waals surface area contributed by atoms with Crippen LogP contribution in [0.1, 0.15) is 18.7 Å². The molecule has 1 aliphatic heterocycles. The lowest BCUT2D eigenvalue weighted by molar-refractivity contribution is -0.120. The summed E-state index contributed by atoms with van der Waals surface area (Å²) in [6.45, 7) is 1.96. The normalized spacial score (nSPS) is 15.7. The van der Waals surface area contributed by atoms with Gasteiger partial charge in [0.2, 0.25) is 27.6 Å². The predicted molar refractivity (Wildman–Crippen MR) is 111 cm³/mol. The van der Waals surface area contributed by atoms with Crippen LogP contribution >= 0.6 is 0 Å². The highest BCUT2D eigenvalue weighted by atomic mass is 32.2. The fourth-order valence-corrected chi connectivity index (χ4v) is 5.12. The number of rotatable bonds is 5. The highest BCUT2D eigenvalue weighted by Crippen LogP contribution is 2.29. The van der Waals surface area contributed by atoms with Gasteiger partial charge in [-0.2, -0.15) is 9.29 Å². The molecule has 0 saturated carbocycles. The van der Waals surface area contributed by atoms with E-state index in [9.17, 15) is 17.6 Å². The molecule has 0 atom stereocenters. The van der Waals surface area contributed by atoms with Crippen LogP contribution in [0.2, 0.25) is 0 Å². The monoisotopic (exact) mass is 444 g/mol. The summed E-state index contributed by atoms with van der Waals surface area (Å²) >= 11 is 0. The Balaban J connectivity index is 1.44. The third-order valence-corrected chi connectivity index (χ3v) is 7.16. The fraction of sp³-hybridized carbons (Fsp3) is 0.286. The number of aryl methyl sites for hydroxylation is 1. The van der Waals surface area contributed by atoms with Gasteiger partial charge >= 0.3 is 0 Å². The van der Waals surface area contributed by atoms with E-state index in [4.69, 9.17) is 4.52 Å². The number of para-hydroxylation sites is 1. The summed E-state index contributed by atoms with van der Waals surface area (Å²) in [7, 11) is -3.94. The topological polar surface area (TPSA) is 105 Å². The number of carbonyl (C=O) groups excluding carboxylic acids is 1. The van der Waals surface area contributed by atoms with E-state index in [-0.39, 0.29) is 29.8 Å². The van der Waals surface area contributed by atoms with Crippen molar-refractivity contribution in [2.45, 2.75) is 24.7 Å². The van der Waals surface area contributed by atoms with Crippen molar-refractivity contribution in [1.29, 1.82) is 0 Å². The van der Waals surface area contributed by atoms with Crippen molar-refractivity contribution < 1.29 is 22.1 Å². The summed E-state index contributed by atoms with van der Waals surface area (Å²) in [5.74, 6) is -0.572. The second-order valence-electron chi connectivity index (χ2n) is 7.28. The van der Waals surface area contributed by atoms with Gasteiger partial charge in [0, 0.05) is 31.5 Å². The molecule has 2 heterocycles. The van der Waals surface area contributed by atoms with E-state index in [0.717, 1.165) is 6.07 Å². The van der Waals surface area contributed by atoms with Crippen molar-refractivity contribution in [1.82, 2.24) is 14.4 Å². The van der Waals surface area contributed by atoms with Crippen LogP contribution in [0.15, 0.2) is 57.9 Å². The molecule has 1 amide bonds. The van der Waals surface area contributed by atoms with Crippen LogP contribution in [0.4, 0.5) is 10.1 Å². The number of hydrogen-bond donors (Lipinski definition) is 1. The van der Waals surface area contributed by atoms with E-state index in [1.807, 2.05) is 6.07 Å². The molecule has 0 radical (unpaired) electrons. The van der Waals surface area contributed by atoms with Crippen molar-refractivity contribution in [3.05, 3.63) is 60.2 Å². The number of sulfonamides is 1. The molecule has 2 aromatic carbocycles. The minimum atomic E-state index is -3.94. The number of nitrogens with zero attached hydrogens (tertiary/aromatic N) is 3. The molecular weight excluding hydrogens is 423 g/mol. The van der Waals surface area contributed by atoms with Gasteiger partial charge in [-0.1, -0.05) is 29.4 Å². The highest BCUT2D eigenvalue weighted by Gasteiger charge is 2.33.